The molecule has 22 heavy (non-hydrogen) atoms. The average Bonchev–Trinajstić information content (AvgIpc) is 2.45. The molecule has 2 aromatic carbocycles. The molecule has 0 aliphatic heterocycles. The van der Waals surface area contributed by atoms with E-state index in [1.165, 1.54) is 0 Å². The van der Waals surface area contributed by atoms with Crippen molar-refractivity contribution < 1.29 is 22.4 Å². The summed E-state index contributed by atoms with van der Waals surface area (Å²) < 4.78 is 54.8. The molecule has 0 radical (unpaired) electrons. The first kappa shape index (κ1) is 17.1. The Bertz CT molecular complexity index is 621. The molecule has 0 saturated carbocycles. The predicted octanol–water partition coefficient (Wildman–Crippen LogP) is 5.38. The molecule has 2 unspecified atom stereocenters. The molecule has 0 saturated heterocycles. The summed E-state index contributed by atoms with van der Waals surface area (Å²) in [6.45, 7) is 0. The zero-order valence-electron chi connectivity index (χ0n) is 10.8. The molecule has 0 aromatic heterocycles. The number of benzene rings is 2. The van der Waals surface area contributed by atoms with Crippen LogP contribution in [0.5, 0.6) is 0 Å². The van der Waals surface area contributed by atoms with Gasteiger partial charge in [0.2, 0.25) is 0 Å². The summed E-state index contributed by atoms with van der Waals surface area (Å²) in [7, 11) is 0. The van der Waals surface area contributed by atoms with Gasteiger partial charge in [0, 0.05) is 11.1 Å². The summed E-state index contributed by atoms with van der Waals surface area (Å²) in [5.41, 5.74) is -1.01. The van der Waals surface area contributed by atoms with Crippen molar-refractivity contribution in [3.05, 3.63) is 70.8 Å². The molecule has 0 heterocycles. The van der Waals surface area contributed by atoms with Gasteiger partial charge in [-0.25, -0.2) is 17.6 Å². The second-order valence-corrected chi connectivity index (χ2v) is 6.23. The smallest absolute Gasteiger partial charge is 0.169 e. The quantitative estimate of drug-likeness (QED) is 0.461. The van der Waals surface area contributed by atoms with Crippen LogP contribution in [0.25, 0.3) is 0 Å². The monoisotopic (exact) mass is 438 g/mol. The number of ketones is 1. The van der Waals surface area contributed by atoms with Crippen LogP contribution < -0.4 is 0 Å². The van der Waals surface area contributed by atoms with Gasteiger partial charge in [-0.15, -0.1) is 0 Å². The van der Waals surface area contributed by atoms with E-state index in [0.717, 1.165) is 36.4 Å². The van der Waals surface area contributed by atoms with E-state index in [1.807, 2.05) is 0 Å². The number of rotatable bonds is 4. The van der Waals surface area contributed by atoms with Crippen molar-refractivity contribution in [2.45, 2.75) is 9.65 Å². The van der Waals surface area contributed by atoms with Crippen LogP contribution in [-0.4, -0.2) is 5.78 Å². The Morgan fingerprint density at radius 3 is 1.27 bits per heavy atom. The summed E-state index contributed by atoms with van der Waals surface area (Å²) in [5, 5.41) is 0. The second-order valence-electron chi connectivity index (χ2n) is 4.40. The highest BCUT2D eigenvalue weighted by atomic mass is 79.9. The minimum atomic E-state index is -1.39. The summed E-state index contributed by atoms with van der Waals surface area (Å²) in [4.78, 5) is 9.51. The maximum absolute atomic E-state index is 13.7. The van der Waals surface area contributed by atoms with E-state index in [1.54, 1.807) is 0 Å². The number of carbonyl (C=O) groups is 1. The number of alkyl halides is 2. The summed E-state index contributed by atoms with van der Waals surface area (Å²) in [6.07, 6.45) is 0. The molecule has 0 fully saturated rings. The van der Waals surface area contributed by atoms with Crippen molar-refractivity contribution in [1.82, 2.24) is 0 Å². The van der Waals surface area contributed by atoms with Crippen LogP contribution in [0, 0.1) is 23.3 Å². The molecule has 2 aromatic rings. The first-order valence-electron chi connectivity index (χ1n) is 6.04. The van der Waals surface area contributed by atoms with E-state index in [-0.39, 0.29) is 0 Å². The fourth-order valence-electron chi connectivity index (χ4n) is 1.92. The Balaban J connectivity index is 2.39. The Morgan fingerprint density at radius 1 is 0.727 bits per heavy atom. The third-order valence-corrected chi connectivity index (χ3v) is 4.82. The highest BCUT2D eigenvalue weighted by Gasteiger charge is 2.32. The molecule has 0 aliphatic rings. The summed E-state index contributed by atoms with van der Waals surface area (Å²) >= 11 is 5.79. The van der Waals surface area contributed by atoms with Gasteiger partial charge in [-0.2, -0.15) is 0 Å². The lowest BCUT2D eigenvalue weighted by Gasteiger charge is -2.16. The third kappa shape index (κ3) is 3.25. The van der Waals surface area contributed by atoms with E-state index in [4.69, 9.17) is 0 Å². The van der Waals surface area contributed by atoms with Gasteiger partial charge in [-0.05, 0) is 24.3 Å². The van der Waals surface area contributed by atoms with Gasteiger partial charge >= 0.3 is 0 Å². The highest BCUT2D eigenvalue weighted by molar-refractivity contribution is 9.10. The predicted molar refractivity (Wildman–Crippen MR) is 81.1 cm³/mol. The first-order valence-corrected chi connectivity index (χ1v) is 7.87. The molecule has 116 valence electrons. The first-order chi connectivity index (χ1) is 10.3. The van der Waals surface area contributed by atoms with Gasteiger partial charge in [-0.1, -0.05) is 44.0 Å². The van der Waals surface area contributed by atoms with E-state index >= 15 is 0 Å². The standard InChI is InChI=1S/C15H8Br2F4O/c16-13(11-7(18)3-1-4-8(11)19)15(22)14(17)12-9(20)5-2-6-10(12)21/h1-6,13-14H. The van der Waals surface area contributed by atoms with Crippen LogP contribution in [0.2, 0.25) is 0 Å². The molecule has 0 bridgehead atoms. The van der Waals surface area contributed by atoms with Gasteiger partial charge in [0.1, 0.15) is 32.9 Å². The maximum atomic E-state index is 13.7. The SMILES string of the molecule is O=C(C(Br)c1c(F)cccc1F)C(Br)c1c(F)cccc1F. The Hall–Kier alpha value is -1.21. The lowest BCUT2D eigenvalue weighted by molar-refractivity contribution is -0.118. The van der Waals surface area contributed by atoms with Crippen molar-refractivity contribution >= 4 is 37.6 Å². The van der Waals surface area contributed by atoms with Crippen LogP contribution in [-0.2, 0) is 4.79 Å². The Morgan fingerprint density at radius 2 is 1.00 bits per heavy atom. The third-order valence-electron chi connectivity index (χ3n) is 3.01. The van der Waals surface area contributed by atoms with Gasteiger partial charge in [0.15, 0.2) is 5.78 Å². The van der Waals surface area contributed by atoms with E-state index < -0.39 is 49.8 Å². The van der Waals surface area contributed by atoms with Crippen molar-refractivity contribution in [2.75, 3.05) is 0 Å². The van der Waals surface area contributed by atoms with Crippen LogP contribution in [0.4, 0.5) is 17.6 Å². The fourth-order valence-corrected chi connectivity index (χ4v) is 3.68. The molecule has 0 N–H and O–H groups in total. The van der Waals surface area contributed by atoms with Crippen molar-refractivity contribution in [3.8, 4) is 0 Å². The minimum Gasteiger partial charge on any atom is -0.296 e. The largest absolute Gasteiger partial charge is 0.296 e. The molecular formula is C15H8Br2F4O. The van der Waals surface area contributed by atoms with Gasteiger partial charge in [-0.3, -0.25) is 4.79 Å². The number of hydrogen-bond donors (Lipinski definition) is 0. The zero-order chi connectivity index (χ0) is 16.4. The van der Waals surface area contributed by atoms with Crippen LogP contribution in [0.15, 0.2) is 36.4 Å². The minimum absolute atomic E-state index is 0.506. The highest BCUT2D eigenvalue weighted by Crippen LogP contribution is 2.38. The second kappa shape index (κ2) is 6.91. The van der Waals surface area contributed by atoms with Crippen molar-refractivity contribution in [1.29, 1.82) is 0 Å². The summed E-state index contributed by atoms with van der Waals surface area (Å²) in [5.74, 6) is -4.53. The Kier molecular flexibility index (Phi) is 5.39. The fraction of sp³-hybridized carbons (Fsp3) is 0.133. The summed E-state index contributed by atoms with van der Waals surface area (Å²) in [6, 6.07) is 6.28. The molecule has 0 amide bonds. The van der Waals surface area contributed by atoms with E-state index in [0.29, 0.717) is 0 Å². The molecule has 2 rings (SSSR count). The normalized spacial score (nSPS) is 13.7. The topological polar surface area (TPSA) is 17.1 Å². The van der Waals surface area contributed by atoms with Crippen LogP contribution in [0.3, 0.4) is 0 Å². The molecule has 0 aliphatic carbocycles. The Labute approximate surface area is 140 Å². The molecular weight excluding hydrogens is 432 g/mol. The van der Waals surface area contributed by atoms with E-state index in [9.17, 15) is 22.4 Å². The number of hydrogen-bond acceptors (Lipinski definition) is 1. The van der Waals surface area contributed by atoms with Gasteiger partial charge < -0.3 is 0 Å². The zero-order valence-corrected chi connectivity index (χ0v) is 14.0. The lowest BCUT2D eigenvalue weighted by atomic mass is 10.0. The molecule has 1 nitrogen and oxygen atoms in total. The van der Waals surface area contributed by atoms with Crippen molar-refractivity contribution in [3.63, 3.8) is 0 Å². The van der Waals surface area contributed by atoms with E-state index in [2.05, 4.69) is 31.9 Å². The molecule has 7 heteroatoms. The lowest BCUT2D eigenvalue weighted by Crippen LogP contribution is -2.17. The molecule has 2 atom stereocenters. The number of carbonyl (C=O) groups excluding carboxylic acids is 1. The number of Topliss-reactive ketones (excluding diaryl/α,β-unsaturated/α-hetero) is 1. The van der Waals surface area contributed by atoms with Crippen LogP contribution in [0.1, 0.15) is 20.8 Å². The molecule has 0 spiro atoms. The van der Waals surface area contributed by atoms with Crippen LogP contribution >= 0.6 is 31.9 Å². The maximum Gasteiger partial charge on any atom is 0.169 e. The number of halogens is 6. The average molecular weight is 440 g/mol. The van der Waals surface area contributed by atoms with Gasteiger partial charge in [0.25, 0.3) is 0 Å². The van der Waals surface area contributed by atoms with Crippen molar-refractivity contribution in [2.24, 2.45) is 0 Å². The van der Waals surface area contributed by atoms with Gasteiger partial charge in [0.05, 0.1) is 0 Å².